The molecule has 0 aliphatic carbocycles. The van der Waals surface area contributed by atoms with Gasteiger partial charge in [-0.05, 0) is 42.0 Å². The molecule has 48 heavy (non-hydrogen) atoms. The molecule has 1 spiro atoms. The van der Waals surface area contributed by atoms with E-state index in [0.717, 1.165) is 22.4 Å². The van der Waals surface area contributed by atoms with Crippen LogP contribution in [0.3, 0.4) is 0 Å². The molecule has 5 atom stereocenters. The topological polar surface area (TPSA) is 178 Å². The maximum absolute atomic E-state index is 14.0. The number of hydrogen-bond acceptors (Lipinski definition) is 11. The van der Waals surface area contributed by atoms with Gasteiger partial charge in [-0.1, -0.05) is 58.0 Å². The molecule has 4 bridgehead atoms. The van der Waals surface area contributed by atoms with E-state index >= 15 is 0 Å². The fourth-order valence-electron chi connectivity index (χ4n) is 6.69. The summed E-state index contributed by atoms with van der Waals surface area (Å²) < 4.78 is 24.3. The van der Waals surface area contributed by atoms with Gasteiger partial charge in [0.15, 0.2) is 23.4 Å². The van der Waals surface area contributed by atoms with E-state index < -0.39 is 47.6 Å². The number of nitrogens with one attached hydrogen (secondary N) is 3. The molecular weight excluding hydrogens is 618 g/mol. The summed E-state index contributed by atoms with van der Waals surface area (Å²) in [6.07, 6.45) is -0.604. The third-order valence-electron chi connectivity index (χ3n) is 9.14. The van der Waals surface area contributed by atoms with Crippen LogP contribution in [0.2, 0.25) is 0 Å². The standard InChI is InChI=1S/C35H37N5O8/c1-6-45-33(44)23-15-46-31(37-23)26-28-35-19-9-7-8-10-21(19)38-34(35)47-24-12-11-18(13-20(24)35)14-22(36-30(43)27(41)17(4)5)29(42)39-25(16(2)3)32(40-26)48-28/h7-13,15-17,22,25,27,34,38,41H,6,14H2,1-5H3,(H,36,43)(H,39,42)/t22-,25-,27-,34?,35?/m0/s1. The van der Waals surface area contributed by atoms with Gasteiger partial charge in [0.2, 0.25) is 23.6 Å². The van der Waals surface area contributed by atoms with Crippen molar-refractivity contribution >= 4 is 23.5 Å². The SMILES string of the molecule is CCOC(=O)c1coc(-c2nc3oc2C24c5ccccc5NC2Oc2ccc(cc24)C[C@H](NC(=O)[C@@H](O)C(C)C)C(=O)N[C@H]3C(C)C)n1. The summed E-state index contributed by atoms with van der Waals surface area (Å²) >= 11 is 0. The average molecular weight is 656 g/mol. The summed E-state index contributed by atoms with van der Waals surface area (Å²) in [5.41, 5.74) is 2.28. The van der Waals surface area contributed by atoms with Crippen LogP contribution < -0.4 is 20.7 Å². The molecule has 2 amide bonds. The van der Waals surface area contributed by atoms with Crippen molar-refractivity contribution < 1.29 is 37.8 Å². The van der Waals surface area contributed by atoms with E-state index in [0.29, 0.717) is 11.5 Å². The monoisotopic (exact) mass is 655 g/mol. The predicted octanol–water partition coefficient (Wildman–Crippen LogP) is 3.86. The molecule has 2 unspecified atom stereocenters. The van der Waals surface area contributed by atoms with Crippen molar-refractivity contribution in [3.63, 3.8) is 0 Å². The van der Waals surface area contributed by atoms with E-state index in [1.165, 1.54) is 6.26 Å². The Kier molecular flexibility index (Phi) is 7.74. The van der Waals surface area contributed by atoms with Crippen LogP contribution in [0, 0.1) is 11.8 Å². The second kappa shape index (κ2) is 11.8. The number of fused-ring (bicyclic) bond motifs is 4. The number of aliphatic hydroxyl groups excluding tert-OH is 1. The van der Waals surface area contributed by atoms with E-state index in [4.69, 9.17) is 23.3 Å². The molecule has 3 aliphatic heterocycles. The molecule has 13 nitrogen and oxygen atoms in total. The molecule has 0 saturated carbocycles. The van der Waals surface area contributed by atoms with Gasteiger partial charge in [-0.25, -0.2) is 14.8 Å². The minimum atomic E-state index is -1.30. The van der Waals surface area contributed by atoms with Crippen molar-refractivity contribution in [3.8, 4) is 17.3 Å². The van der Waals surface area contributed by atoms with Gasteiger partial charge < -0.3 is 39.4 Å². The number of amides is 2. The number of para-hydroxylation sites is 1. The number of esters is 1. The lowest BCUT2D eigenvalue weighted by atomic mass is 9.72. The minimum Gasteiger partial charge on any atom is -0.469 e. The number of rotatable bonds is 7. The zero-order valence-electron chi connectivity index (χ0n) is 27.2. The number of aromatic nitrogens is 2. The second-order valence-corrected chi connectivity index (χ2v) is 13.0. The van der Waals surface area contributed by atoms with Gasteiger partial charge in [0.05, 0.1) is 6.61 Å². The maximum atomic E-state index is 14.0. The van der Waals surface area contributed by atoms with Crippen LogP contribution in [0.15, 0.2) is 57.6 Å². The molecule has 0 saturated heterocycles. The molecule has 4 N–H and O–H groups in total. The van der Waals surface area contributed by atoms with Gasteiger partial charge in [0.25, 0.3) is 0 Å². The van der Waals surface area contributed by atoms with Crippen molar-refractivity contribution in [2.75, 3.05) is 11.9 Å². The van der Waals surface area contributed by atoms with Gasteiger partial charge in [0, 0.05) is 17.7 Å². The van der Waals surface area contributed by atoms with Gasteiger partial charge in [0.1, 0.15) is 35.6 Å². The molecule has 2 aromatic heterocycles. The molecule has 4 aromatic rings. The highest BCUT2D eigenvalue weighted by molar-refractivity contribution is 5.90. The highest BCUT2D eigenvalue weighted by Crippen LogP contribution is 2.59. The van der Waals surface area contributed by atoms with E-state index in [-0.39, 0.29) is 48.0 Å². The third-order valence-corrected chi connectivity index (χ3v) is 9.14. The Morgan fingerprint density at radius 3 is 2.65 bits per heavy atom. The number of oxazole rings is 2. The fourth-order valence-corrected chi connectivity index (χ4v) is 6.69. The molecule has 5 heterocycles. The lowest BCUT2D eigenvalue weighted by Crippen LogP contribution is -2.52. The summed E-state index contributed by atoms with van der Waals surface area (Å²) in [5, 5.41) is 19.8. The number of anilines is 1. The van der Waals surface area contributed by atoms with Crippen LogP contribution in [0.4, 0.5) is 5.69 Å². The summed E-state index contributed by atoms with van der Waals surface area (Å²) in [6.45, 7) is 9.14. The molecule has 13 heteroatoms. The van der Waals surface area contributed by atoms with Crippen LogP contribution >= 0.6 is 0 Å². The summed E-state index contributed by atoms with van der Waals surface area (Å²) in [6, 6.07) is 11.6. The second-order valence-electron chi connectivity index (χ2n) is 13.0. The third kappa shape index (κ3) is 4.91. The van der Waals surface area contributed by atoms with E-state index in [1.54, 1.807) is 20.8 Å². The Morgan fingerprint density at radius 2 is 1.90 bits per heavy atom. The number of carbonyl (C=O) groups excluding carboxylic acids is 3. The molecule has 0 fully saturated rings. The van der Waals surface area contributed by atoms with Gasteiger partial charge in [-0.3, -0.25) is 9.59 Å². The van der Waals surface area contributed by atoms with Crippen molar-refractivity contribution in [1.82, 2.24) is 20.6 Å². The van der Waals surface area contributed by atoms with Crippen LogP contribution in [0.5, 0.6) is 5.75 Å². The smallest absolute Gasteiger partial charge is 0.360 e. The molecule has 250 valence electrons. The summed E-state index contributed by atoms with van der Waals surface area (Å²) in [7, 11) is 0. The van der Waals surface area contributed by atoms with E-state index in [9.17, 15) is 19.5 Å². The van der Waals surface area contributed by atoms with Gasteiger partial charge in [-0.15, -0.1) is 0 Å². The van der Waals surface area contributed by atoms with Gasteiger partial charge in [-0.2, -0.15) is 0 Å². The first-order valence-corrected chi connectivity index (χ1v) is 16.1. The lowest BCUT2D eigenvalue weighted by molar-refractivity contribution is -0.135. The van der Waals surface area contributed by atoms with Crippen LogP contribution in [-0.2, 0) is 26.2 Å². The number of ether oxygens (including phenoxy) is 2. The van der Waals surface area contributed by atoms with Gasteiger partial charge >= 0.3 is 5.97 Å². The van der Waals surface area contributed by atoms with Crippen LogP contribution in [0.1, 0.15) is 79.5 Å². The molecule has 2 aromatic carbocycles. The number of benzene rings is 2. The predicted molar refractivity (Wildman–Crippen MR) is 171 cm³/mol. The Balaban J connectivity index is 1.46. The van der Waals surface area contributed by atoms with Crippen LogP contribution in [0.25, 0.3) is 11.6 Å². The van der Waals surface area contributed by atoms with Crippen molar-refractivity contribution in [1.29, 1.82) is 0 Å². The fraction of sp³-hybridized carbons (Fsp3) is 0.400. The van der Waals surface area contributed by atoms with Crippen molar-refractivity contribution in [3.05, 3.63) is 82.8 Å². The zero-order chi connectivity index (χ0) is 33.9. The first-order chi connectivity index (χ1) is 23.0. The maximum Gasteiger partial charge on any atom is 0.360 e. The largest absolute Gasteiger partial charge is 0.469 e. The lowest BCUT2D eigenvalue weighted by Gasteiger charge is -2.29. The summed E-state index contributed by atoms with van der Waals surface area (Å²) in [4.78, 5) is 49.0. The average Bonchev–Trinajstić information content (AvgIpc) is 3.83. The normalized spacial score (nSPS) is 22.8. The Labute approximate surface area is 276 Å². The molecule has 0 radical (unpaired) electrons. The Bertz CT molecular complexity index is 1910. The first kappa shape index (κ1) is 31.4. The van der Waals surface area contributed by atoms with E-state index in [2.05, 4.69) is 20.9 Å². The minimum absolute atomic E-state index is 0.0273. The molecule has 3 aliphatic rings. The van der Waals surface area contributed by atoms with Crippen molar-refractivity contribution in [2.45, 2.75) is 70.9 Å². The number of nitrogens with zero attached hydrogens (tertiary/aromatic N) is 2. The van der Waals surface area contributed by atoms with Crippen molar-refractivity contribution in [2.24, 2.45) is 11.8 Å². The molecule has 7 rings (SSSR count). The number of hydrogen-bond donors (Lipinski definition) is 4. The van der Waals surface area contributed by atoms with E-state index in [1.807, 2.05) is 56.3 Å². The number of carbonyl (C=O) groups is 3. The highest BCUT2D eigenvalue weighted by atomic mass is 16.5. The first-order valence-electron chi connectivity index (χ1n) is 16.1. The highest BCUT2D eigenvalue weighted by Gasteiger charge is 2.61. The summed E-state index contributed by atoms with van der Waals surface area (Å²) in [5.74, 6) is -1.18. The Morgan fingerprint density at radius 1 is 1.10 bits per heavy atom. The zero-order valence-corrected chi connectivity index (χ0v) is 27.2. The quantitative estimate of drug-likeness (QED) is 0.213. The number of aliphatic hydroxyl groups is 1. The van der Waals surface area contributed by atoms with Crippen LogP contribution in [-0.4, -0.2) is 57.8 Å². The Hall–Kier alpha value is -5.17. The molecular formula is C35H37N5O8.